The van der Waals surface area contributed by atoms with Gasteiger partial charge in [-0.05, 0) is 36.4 Å². The van der Waals surface area contributed by atoms with Crippen molar-refractivity contribution >= 4 is 22.6 Å². The fourth-order valence-electron chi connectivity index (χ4n) is 3.37. The van der Waals surface area contributed by atoms with Crippen molar-refractivity contribution in [2.24, 2.45) is 0 Å². The van der Waals surface area contributed by atoms with Crippen LogP contribution in [0.15, 0.2) is 76.7 Å². The molecule has 5 rings (SSSR count). The van der Waals surface area contributed by atoms with Gasteiger partial charge in [-0.2, -0.15) is 0 Å². The second-order valence-electron chi connectivity index (χ2n) is 6.92. The molecule has 158 valence electrons. The van der Waals surface area contributed by atoms with Gasteiger partial charge >= 0.3 is 11.7 Å². The molecule has 0 bridgehead atoms. The Kier molecular flexibility index (Phi) is 4.59. The summed E-state index contributed by atoms with van der Waals surface area (Å²) >= 11 is 0. The Hall–Kier alpha value is -4.60. The molecule has 1 N–H and O–H groups in total. The standard InChI is InChI=1S/C22H14FN5O4/c23-16-4-1-2-5-18(16)28-19(29)15-7-6-13(10-17(15)26-22(28)31)20(30)32-12-14-11-27-9-3-8-24-21(27)25-14/h1-11H,12H2,(H,26,31). The van der Waals surface area contributed by atoms with Crippen molar-refractivity contribution in [2.45, 2.75) is 6.61 Å². The van der Waals surface area contributed by atoms with Gasteiger partial charge in [0, 0.05) is 18.6 Å². The Morgan fingerprint density at radius 3 is 2.78 bits per heavy atom. The third-order valence-corrected chi connectivity index (χ3v) is 4.86. The van der Waals surface area contributed by atoms with Crippen LogP contribution in [-0.2, 0) is 11.3 Å². The number of ether oxygens (including phenoxy) is 1. The van der Waals surface area contributed by atoms with Gasteiger partial charge in [-0.25, -0.2) is 28.5 Å². The highest BCUT2D eigenvalue weighted by Gasteiger charge is 2.15. The molecule has 0 amide bonds. The van der Waals surface area contributed by atoms with E-state index in [1.54, 1.807) is 29.1 Å². The number of aromatic amines is 1. The average molecular weight is 431 g/mol. The molecule has 0 spiro atoms. The number of imidazole rings is 1. The lowest BCUT2D eigenvalue weighted by Crippen LogP contribution is -2.34. The van der Waals surface area contributed by atoms with E-state index in [0.29, 0.717) is 16.0 Å². The SMILES string of the molecule is O=C(OCc1cn2cccnc2n1)c1ccc2c(=O)n(-c3ccccc3F)c(=O)[nH]c2c1. The molecular formula is C22H14FN5O4. The summed E-state index contributed by atoms with van der Waals surface area (Å²) in [6.07, 6.45) is 5.07. The van der Waals surface area contributed by atoms with E-state index in [0.717, 1.165) is 6.07 Å². The molecule has 32 heavy (non-hydrogen) atoms. The quantitative estimate of drug-likeness (QED) is 0.437. The lowest BCUT2D eigenvalue weighted by molar-refractivity contribution is 0.0468. The number of fused-ring (bicyclic) bond motifs is 2. The van der Waals surface area contributed by atoms with Crippen molar-refractivity contribution in [1.29, 1.82) is 0 Å². The number of halogens is 1. The third-order valence-electron chi connectivity index (χ3n) is 4.86. The van der Waals surface area contributed by atoms with E-state index in [-0.39, 0.29) is 28.8 Å². The first-order chi connectivity index (χ1) is 15.5. The molecule has 0 aliphatic heterocycles. The van der Waals surface area contributed by atoms with Crippen LogP contribution < -0.4 is 11.2 Å². The van der Waals surface area contributed by atoms with E-state index in [4.69, 9.17) is 4.74 Å². The number of nitrogens with one attached hydrogen (secondary N) is 1. The molecular weight excluding hydrogens is 417 g/mol. The van der Waals surface area contributed by atoms with Crippen LogP contribution in [0, 0.1) is 5.82 Å². The molecule has 5 aromatic rings. The number of esters is 1. The summed E-state index contributed by atoms with van der Waals surface area (Å²) in [5, 5.41) is 0.121. The van der Waals surface area contributed by atoms with Gasteiger partial charge in [0.25, 0.3) is 5.56 Å². The first-order valence-corrected chi connectivity index (χ1v) is 9.51. The topological polar surface area (TPSA) is 111 Å². The first-order valence-electron chi connectivity index (χ1n) is 9.51. The minimum Gasteiger partial charge on any atom is -0.456 e. The minimum absolute atomic E-state index is 0.0777. The Labute approximate surface area is 178 Å². The van der Waals surface area contributed by atoms with E-state index in [2.05, 4.69) is 15.0 Å². The molecule has 0 aliphatic carbocycles. The predicted molar refractivity (Wildman–Crippen MR) is 112 cm³/mol. The van der Waals surface area contributed by atoms with Gasteiger partial charge < -0.3 is 9.72 Å². The number of benzene rings is 2. The zero-order valence-electron chi connectivity index (χ0n) is 16.4. The summed E-state index contributed by atoms with van der Waals surface area (Å²) in [5.74, 6) is -0.884. The zero-order chi connectivity index (χ0) is 22.2. The third kappa shape index (κ3) is 3.33. The first kappa shape index (κ1) is 19.4. The van der Waals surface area contributed by atoms with Crippen molar-refractivity contribution in [3.63, 3.8) is 0 Å². The summed E-state index contributed by atoms with van der Waals surface area (Å²) in [4.78, 5) is 48.7. The maximum Gasteiger partial charge on any atom is 0.338 e. The number of hydrogen-bond acceptors (Lipinski definition) is 6. The second kappa shape index (κ2) is 7.58. The maximum atomic E-state index is 14.1. The van der Waals surface area contributed by atoms with E-state index in [9.17, 15) is 18.8 Å². The van der Waals surface area contributed by atoms with Crippen molar-refractivity contribution in [3.05, 3.63) is 105 Å². The number of rotatable bonds is 4. The van der Waals surface area contributed by atoms with Crippen LogP contribution in [0.2, 0.25) is 0 Å². The van der Waals surface area contributed by atoms with E-state index < -0.39 is 23.0 Å². The lowest BCUT2D eigenvalue weighted by atomic mass is 10.1. The molecule has 0 atom stereocenters. The van der Waals surface area contributed by atoms with E-state index in [1.807, 2.05) is 0 Å². The molecule has 0 saturated heterocycles. The van der Waals surface area contributed by atoms with Crippen LogP contribution >= 0.6 is 0 Å². The molecule has 10 heteroatoms. The van der Waals surface area contributed by atoms with Gasteiger partial charge in [-0.3, -0.25) is 9.20 Å². The number of carbonyl (C=O) groups excluding carboxylic acids is 1. The van der Waals surface area contributed by atoms with Crippen molar-refractivity contribution in [1.82, 2.24) is 23.9 Å². The Balaban J connectivity index is 1.45. The second-order valence-corrected chi connectivity index (χ2v) is 6.92. The van der Waals surface area contributed by atoms with Crippen LogP contribution in [0.25, 0.3) is 22.4 Å². The Bertz CT molecular complexity index is 1590. The smallest absolute Gasteiger partial charge is 0.338 e. The zero-order valence-corrected chi connectivity index (χ0v) is 16.4. The van der Waals surface area contributed by atoms with Gasteiger partial charge in [-0.15, -0.1) is 0 Å². The van der Waals surface area contributed by atoms with Crippen molar-refractivity contribution in [3.8, 4) is 5.69 Å². The van der Waals surface area contributed by atoms with Crippen molar-refractivity contribution < 1.29 is 13.9 Å². The lowest BCUT2D eigenvalue weighted by Gasteiger charge is -2.08. The number of aromatic nitrogens is 5. The fraction of sp³-hybridized carbons (Fsp3) is 0.0455. The summed E-state index contributed by atoms with van der Waals surface area (Å²) < 4.78 is 21.8. The molecule has 3 aromatic heterocycles. The van der Waals surface area contributed by atoms with Crippen molar-refractivity contribution in [2.75, 3.05) is 0 Å². The largest absolute Gasteiger partial charge is 0.456 e. The molecule has 0 aliphatic rings. The average Bonchev–Trinajstić information content (AvgIpc) is 3.21. The maximum absolute atomic E-state index is 14.1. The van der Waals surface area contributed by atoms with Gasteiger partial charge in [0.05, 0.1) is 27.8 Å². The monoisotopic (exact) mass is 431 g/mol. The van der Waals surface area contributed by atoms with Crippen LogP contribution in [0.3, 0.4) is 0 Å². The van der Waals surface area contributed by atoms with Crippen LogP contribution in [0.4, 0.5) is 4.39 Å². The predicted octanol–water partition coefficient (Wildman–Crippen LogP) is 2.22. The molecule has 9 nitrogen and oxygen atoms in total. The summed E-state index contributed by atoms with van der Waals surface area (Å²) in [6.45, 7) is -0.0777. The van der Waals surface area contributed by atoms with Gasteiger partial charge in [0.2, 0.25) is 5.78 Å². The highest BCUT2D eigenvalue weighted by molar-refractivity contribution is 5.94. The van der Waals surface area contributed by atoms with Crippen LogP contribution in [0.1, 0.15) is 16.1 Å². The molecule has 0 unspecified atom stereocenters. The molecule has 3 heterocycles. The van der Waals surface area contributed by atoms with Gasteiger partial charge in [0.1, 0.15) is 12.4 Å². The van der Waals surface area contributed by atoms with E-state index >= 15 is 0 Å². The molecule has 0 saturated carbocycles. The summed E-state index contributed by atoms with van der Waals surface area (Å²) in [7, 11) is 0. The Morgan fingerprint density at radius 2 is 1.97 bits per heavy atom. The molecule has 0 fully saturated rings. The summed E-state index contributed by atoms with van der Waals surface area (Å²) in [5.41, 5.74) is -0.900. The van der Waals surface area contributed by atoms with Gasteiger partial charge in [-0.1, -0.05) is 12.1 Å². The normalized spacial score (nSPS) is 11.2. The number of H-pyrrole nitrogens is 1. The fourth-order valence-corrected chi connectivity index (χ4v) is 3.37. The number of carbonyl (C=O) groups is 1. The molecule has 2 aromatic carbocycles. The highest BCUT2D eigenvalue weighted by Crippen LogP contribution is 2.14. The Morgan fingerprint density at radius 1 is 1.12 bits per heavy atom. The number of para-hydroxylation sites is 1. The highest BCUT2D eigenvalue weighted by atomic mass is 19.1. The van der Waals surface area contributed by atoms with Crippen LogP contribution in [-0.4, -0.2) is 29.9 Å². The summed E-state index contributed by atoms with van der Waals surface area (Å²) in [6, 6.07) is 11.4. The van der Waals surface area contributed by atoms with E-state index in [1.165, 1.54) is 36.4 Å². The minimum atomic E-state index is -0.824. The molecule has 0 radical (unpaired) electrons. The van der Waals surface area contributed by atoms with Crippen LogP contribution in [0.5, 0.6) is 0 Å². The number of nitrogens with zero attached hydrogens (tertiary/aromatic N) is 4. The van der Waals surface area contributed by atoms with Gasteiger partial charge in [0.15, 0.2) is 0 Å². The number of hydrogen-bond donors (Lipinski definition) is 1.